The standard InChI is InChI=1S/C35H47N3O7.2C20H32O4.C19H24ClN3O4.10H2/c1-19-29-18-38(31(19)34(41)42)33(40)24(35(2,3)4)17-30(39)44-28-15-20-13-21(14-20)23(28)9-7-6-8-10-26-32(45-29)37-27-16-22(43-5)11-12-25(27)36-26;2*1-5-6-7-8-15-14-9-13(10-14)11-17(15)24-18(21)12-16(19(22)23)20(2,3)4;1-10-14(9-21-15(10)18(24)27-19(2,3)4)26-17-16(20)22-12-7-6-11(25-5)8-13(12)23-17;;;;;;;;;;/h11-12,16,19-21,23-24,28-29,31H,6-10,13-15,17-18H2,1-5H3,(H,41,42);2*5,13-17H,1,6-12H2,2-4H3,(H,22,23);6-8,10,14-15,21H,9H2,1-5H3;10*1H/t19-,20?,21?,23-,24-,28-,29+,31+;13?,14?,15-,16+,17-;13?,14?,15-,16-,17-;10-,14+,15+;;;;;;;;;;/m1011........../s1/i;;;;9*1+1D;1+1. The monoisotopic (exact) mass is 1730 g/mol. The lowest BCUT2D eigenvalue weighted by atomic mass is 9.57. The van der Waals surface area contributed by atoms with E-state index in [0.717, 1.165) is 94.7 Å². The number of aryl methyl sites for hydroxylation is 1. The van der Waals surface area contributed by atoms with Gasteiger partial charge in [-0.2, -0.15) is 0 Å². The number of carbonyl (C=O) groups excluding carboxylic acids is 5. The third kappa shape index (κ3) is 24.2. The van der Waals surface area contributed by atoms with E-state index in [2.05, 4.69) is 28.4 Å². The first-order valence-electron chi connectivity index (χ1n) is 53.0. The Bertz CT molecular complexity index is 4250. The smallest absolute Gasteiger partial charge is 0.326 e. The fraction of sp³-hybridized carbons (Fsp3) is 0.702. The summed E-state index contributed by atoms with van der Waals surface area (Å²) in [7, 11) is 3.19. The Hall–Kier alpha value is -8.19. The maximum absolute atomic E-state index is 14.2. The predicted molar refractivity (Wildman–Crippen MR) is 477 cm³/mol. The van der Waals surface area contributed by atoms with E-state index in [9.17, 15) is 53.7 Å². The van der Waals surface area contributed by atoms with Crippen LogP contribution in [0.4, 0.5) is 0 Å². The molecule has 1 amide bonds. The molecular formula is C94H155ClN6O19. The molecule has 4 N–H and O–H groups in total. The molecule has 16 rings (SSSR count). The first-order valence-corrected chi connectivity index (χ1v) is 44.4. The van der Waals surface area contributed by atoms with Gasteiger partial charge in [-0.15, -0.1) is 13.2 Å². The fourth-order valence-corrected chi connectivity index (χ4v) is 20.0. The van der Waals surface area contributed by atoms with E-state index in [0.29, 0.717) is 100 Å². The molecule has 4 aromatic rings. The van der Waals surface area contributed by atoms with Crippen LogP contribution in [0.15, 0.2) is 61.7 Å². The summed E-state index contributed by atoms with van der Waals surface area (Å²) in [5.41, 5.74) is 1.32. The zero-order valence-electron chi connectivity index (χ0n) is 91.8. The number of amides is 1. The summed E-state index contributed by atoms with van der Waals surface area (Å²) >= 11 is 6.25. The molecule has 120 heavy (non-hydrogen) atoms. The number of hydrogen-bond acceptors (Lipinski definition) is 21. The van der Waals surface area contributed by atoms with Crippen LogP contribution in [-0.4, -0.2) is 163 Å². The van der Waals surface area contributed by atoms with Crippen LogP contribution in [0.2, 0.25) is 5.15 Å². The third-order valence-corrected chi connectivity index (χ3v) is 27.2. The molecule has 5 heterocycles. The van der Waals surface area contributed by atoms with Gasteiger partial charge >= 0.3 is 41.8 Å². The summed E-state index contributed by atoms with van der Waals surface area (Å²) in [5.74, 6) is -0.310. The minimum atomic E-state index is -1.10. The molecule has 9 saturated carbocycles. The van der Waals surface area contributed by atoms with Crippen LogP contribution in [0.1, 0.15) is 272 Å². The number of carbonyl (C=O) groups is 8. The second-order valence-electron chi connectivity index (χ2n) is 39.9. The number of rotatable bonds is 22. The normalized spacial score (nSPS) is 30.0. The minimum Gasteiger partial charge on any atom is -0.497 e. The fourth-order valence-electron chi connectivity index (χ4n) is 19.8. The van der Waals surface area contributed by atoms with Crippen LogP contribution < -0.4 is 24.3 Å². The first-order chi connectivity index (χ1) is 65.5. The molecule has 8 bridgehead atoms. The van der Waals surface area contributed by atoms with Crippen LogP contribution >= 0.6 is 11.6 Å². The van der Waals surface area contributed by atoms with Crippen LogP contribution in [0.3, 0.4) is 0 Å². The van der Waals surface area contributed by atoms with Crippen LogP contribution in [0, 0.1) is 99.1 Å². The Labute approximate surface area is 743 Å². The van der Waals surface area contributed by atoms with Crippen molar-refractivity contribution < 1.29 is 120 Å². The van der Waals surface area contributed by atoms with E-state index in [1.807, 2.05) is 120 Å². The molecule has 25 nitrogen and oxygen atoms in total. The molecular weight excluding hydrogens is 1550 g/mol. The molecule has 2 aromatic heterocycles. The van der Waals surface area contributed by atoms with Crippen molar-refractivity contribution in [2.45, 2.75) is 293 Å². The lowest BCUT2D eigenvalue weighted by Gasteiger charge is -2.50. The number of methoxy groups -OCH3 is 2. The Kier molecular flexibility index (Phi) is 27.4. The SMILES string of the molecule is C=CCCC[C@@H]1C2CC(C2)C[C@H]1OC(=O)C[C@H](C(=O)O)C(C)(C)C.C=CCCC[C@H]1C2CC(C2)C[C@@H]1OC(=O)C[C@H](C(=O)O)C(C)(C)C.COc1ccc2nc(Cl)c(O[C@H]3CN[C@H](C(=O)OC(C)(C)C)[C@@H]3C)nc2c1.COc1ccc2nc3c(nc2c1)O[C@H]1CN(C(=O)[C@H](C(C)(C)C)CC(=O)O[C@@H]2CC4CC(C4)[C@H]2CCCCC3)[C@H](C(=O)O)[C@@H]1C.[2HH].[2H][2H].[2H][2H].[2H][2H].[2H][2H].[2H][2H].[2H][2H].[2H][2H].[2H][2H].[2H][2H]. The van der Waals surface area contributed by atoms with Gasteiger partial charge in [-0.3, -0.25) is 33.6 Å². The number of hydrogen-bond donors (Lipinski definition) is 4. The number of fused-ring (bicyclic) bond motifs is 9. The van der Waals surface area contributed by atoms with Gasteiger partial charge in [0, 0.05) is 58.7 Å². The minimum absolute atomic E-state index is 0. The highest BCUT2D eigenvalue weighted by Crippen LogP contribution is 2.55. The number of aliphatic carboxylic acids is 3. The topological polar surface area (TPSA) is 338 Å². The van der Waals surface area contributed by atoms with Gasteiger partial charge in [0.05, 0.1) is 79.8 Å². The van der Waals surface area contributed by atoms with Crippen molar-refractivity contribution >= 4 is 81.4 Å². The third-order valence-electron chi connectivity index (χ3n) is 27.0. The van der Waals surface area contributed by atoms with Gasteiger partial charge in [-0.05, 0) is 230 Å². The summed E-state index contributed by atoms with van der Waals surface area (Å²) < 4.78 is 136. The molecule has 2 aromatic carbocycles. The molecule has 2 saturated heterocycles. The number of halogens is 1. The van der Waals surface area contributed by atoms with Crippen molar-refractivity contribution in [3.05, 3.63) is 72.6 Å². The number of nitrogens with zero attached hydrogens (tertiary/aromatic N) is 5. The van der Waals surface area contributed by atoms with Crippen LogP contribution in [-0.2, 0) is 63.7 Å². The average Bonchev–Trinajstić information content (AvgIpc) is 1.75. The number of ether oxygens (including phenoxy) is 8. The summed E-state index contributed by atoms with van der Waals surface area (Å²) in [6.45, 7) is 34.2. The van der Waals surface area contributed by atoms with Crippen molar-refractivity contribution in [2.75, 3.05) is 27.3 Å². The van der Waals surface area contributed by atoms with Gasteiger partial charge in [0.15, 0.2) is 5.15 Å². The van der Waals surface area contributed by atoms with Crippen molar-refractivity contribution in [3.63, 3.8) is 0 Å². The molecule has 12 aliphatic rings. The van der Waals surface area contributed by atoms with Crippen molar-refractivity contribution in [1.29, 1.82) is 0 Å². The number of benzene rings is 2. The van der Waals surface area contributed by atoms with E-state index in [4.69, 9.17) is 86.2 Å². The van der Waals surface area contributed by atoms with Gasteiger partial charge in [0.1, 0.15) is 65.4 Å². The summed E-state index contributed by atoms with van der Waals surface area (Å²) in [6.07, 6.45) is 23.9. The van der Waals surface area contributed by atoms with E-state index >= 15 is 0 Å². The molecule has 0 spiro atoms. The Balaban J connectivity index is 0.00000178. The molecule has 11 fully saturated rings. The van der Waals surface area contributed by atoms with Gasteiger partial charge in [0.25, 0.3) is 5.88 Å². The van der Waals surface area contributed by atoms with Crippen molar-refractivity contribution in [3.8, 4) is 23.3 Å². The molecule has 682 valence electrons. The van der Waals surface area contributed by atoms with E-state index in [1.54, 1.807) is 39.3 Å². The maximum atomic E-state index is 14.2. The Morgan fingerprint density at radius 3 is 1.65 bits per heavy atom. The molecule has 9 aliphatic carbocycles. The summed E-state index contributed by atoms with van der Waals surface area (Å²) in [5, 5.41) is 32.4. The molecule has 0 radical (unpaired) electrons. The Morgan fingerprint density at radius 2 is 1.16 bits per heavy atom. The van der Waals surface area contributed by atoms with E-state index < -0.39 is 81.6 Å². The highest BCUT2D eigenvalue weighted by molar-refractivity contribution is 6.31. The number of carboxylic acid groups (broad SMARTS) is 3. The van der Waals surface area contributed by atoms with Crippen LogP contribution in [0.5, 0.6) is 23.3 Å². The van der Waals surface area contributed by atoms with E-state index in [1.165, 1.54) is 43.4 Å². The Morgan fingerprint density at radius 1 is 0.642 bits per heavy atom. The van der Waals surface area contributed by atoms with Gasteiger partial charge < -0.3 is 63.4 Å². The van der Waals surface area contributed by atoms with Crippen molar-refractivity contribution in [1.82, 2.24) is 30.2 Å². The molecule has 3 aliphatic heterocycles. The zero-order valence-corrected chi connectivity index (χ0v) is 74.6. The maximum Gasteiger partial charge on any atom is 0.326 e. The van der Waals surface area contributed by atoms with Crippen molar-refractivity contribution in [2.24, 2.45) is 99.1 Å². The quantitative estimate of drug-likeness (QED) is 0.0246. The van der Waals surface area contributed by atoms with E-state index in [-0.39, 0.29) is 98.4 Å². The molecule has 0 unspecified atom stereocenters. The summed E-state index contributed by atoms with van der Waals surface area (Å²) in [4.78, 5) is 120. The number of allylic oxidation sites excluding steroid dienone is 2. The number of aromatic nitrogens is 4. The second-order valence-corrected chi connectivity index (χ2v) is 40.2. The number of carboxylic acids is 3. The molecule has 15 atom stereocenters. The largest absolute Gasteiger partial charge is 0.497 e. The number of unbranched alkanes of at least 4 members (excludes halogenated alkanes) is 2. The lowest BCUT2D eigenvalue weighted by Crippen LogP contribution is -2.49. The predicted octanol–water partition coefficient (Wildman–Crippen LogP) is 19.8. The second kappa shape index (κ2) is 40.4. The number of esters is 4. The lowest BCUT2D eigenvalue weighted by molar-refractivity contribution is -0.169. The average molecular weight is 1730 g/mol. The van der Waals surface area contributed by atoms with Gasteiger partial charge in [-0.1, -0.05) is 113 Å². The zero-order chi connectivity index (χ0) is 106. The summed E-state index contributed by atoms with van der Waals surface area (Å²) in [6, 6.07) is 9.36. The first kappa shape index (κ1) is 81.5. The van der Waals surface area contributed by atoms with Gasteiger partial charge in [-0.25, -0.2) is 24.7 Å². The highest BCUT2D eigenvalue weighted by atomic mass is 35.5. The molecule has 26 heteroatoms. The van der Waals surface area contributed by atoms with Gasteiger partial charge in [0.2, 0.25) is 11.8 Å². The highest BCUT2D eigenvalue weighted by Gasteiger charge is 2.54. The number of nitrogens with one attached hydrogen (secondary N) is 1. The van der Waals surface area contributed by atoms with Crippen LogP contribution in [0.25, 0.3) is 22.1 Å².